The third-order valence-corrected chi connectivity index (χ3v) is 6.97. The number of pyridine rings is 1. The lowest BCUT2D eigenvalue weighted by atomic mass is 9.73. The minimum atomic E-state index is -0.535. The third kappa shape index (κ3) is 2.63. The molecule has 1 fully saturated rings. The summed E-state index contributed by atoms with van der Waals surface area (Å²) in [5.41, 5.74) is 2.86. The Morgan fingerprint density at radius 2 is 1.50 bits per heavy atom. The van der Waals surface area contributed by atoms with Gasteiger partial charge in [-0.25, -0.2) is 4.98 Å². The summed E-state index contributed by atoms with van der Waals surface area (Å²) in [6, 6.07) is 5.98. The minimum absolute atomic E-state index is 0.285. The molecule has 2 aliphatic carbocycles. The Kier molecular flexibility index (Phi) is 4.62. The van der Waals surface area contributed by atoms with Gasteiger partial charge in [-0.3, -0.25) is 0 Å². The van der Waals surface area contributed by atoms with Gasteiger partial charge in [0.05, 0.1) is 40.1 Å². The van der Waals surface area contributed by atoms with Gasteiger partial charge in [0.2, 0.25) is 0 Å². The molecule has 30 heavy (non-hydrogen) atoms. The number of aromatic nitrogens is 1. The first-order valence-electron chi connectivity index (χ1n) is 10.4. The molecule has 1 N–H and O–H groups in total. The van der Waals surface area contributed by atoms with Crippen LogP contribution in [0.25, 0.3) is 21.7 Å². The summed E-state index contributed by atoms with van der Waals surface area (Å²) in [6.07, 6.45) is 3.79. The van der Waals surface area contributed by atoms with Gasteiger partial charge in [0.15, 0.2) is 17.2 Å². The highest BCUT2D eigenvalue weighted by Crippen LogP contribution is 2.52. The zero-order valence-corrected chi connectivity index (χ0v) is 17.8. The van der Waals surface area contributed by atoms with E-state index >= 15 is 0 Å². The number of hydrogen-bond donors (Lipinski definition) is 1. The Morgan fingerprint density at radius 3 is 2.17 bits per heavy atom. The highest BCUT2D eigenvalue weighted by atomic mass is 16.5. The number of aliphatic hydroxyl groups is 1. The van der Waals surface area contributed by atoms with Crippen LogP contribution in [0, 0.1) is 11.8 Å². The van der Waals surface area contributed by atoms with E-state index in [0.29, 0.717) is 29.0 Å². The van der Waals surface area contributed by atoms with E-state index in [1.807, 2.05) is 18.2 Å². The van der Waals surface area contributed by atoms with Crippen molar-refractivity contribution >= 4 is 21.7 Å². The number of benzene rings is 2. The first-order chi connectivity index (χ1) is 14.6. The molecular weight excluding hydrogens is 382 g/mol. The molecule has 0 amide bonds. The summed E-state index contributed by atoms with van der Waals surface area (Å²) in [6.45, 7) is 0. The maximum atomic E-state index is 11.4. The summed E-state index contributed by atoms with van der Waals surface area (Å²) in [5.74, 6) is 3.12. The van der Waals surface area contributed by atoms with Crippen LogP contribution in [-0.4, -0.2) is 38.5 Å². The van der Waals surface area contributed by atoms with E-state index in [1.165, 1.54) is 0 Å². The Bertz CT molecular complexity index is 1140. The maximum absolute atomic E-state index is 11.4. The first-order valence-corrected chi connectivity index (χ1v) is 10.4. The van der Waals surface area contributed by atoms with E-state index in [4.69, 9.17) is 23.9 Å². The topological polar surface area (TPSA) is 70.0 Å². The van der Waals surface area contributed by atoms with Crippen molar-refractivity contribution in [1.29, 1.82) is 0 Å². The SMILES string of the molecule is COc1cc2c3c(c4nc(OC)c(OC)cc4c2cc1OC)[C@@H](O)C1CCCC1C3. The predicted octanol–water partition coefficient (Wildman–Crippen LogP) is 4.43. The number of nitrogens with zero attached hydrogens (tertiary/aromatic N) is 1. The smallest absolute Gasteiger partial charge is 0.257 e. The largest absolute Gasteiger partial charge is 0.493 e. The van der Waals surface area contributed by atoms with Gasteiger partial charge in [-0.15, -0.1) is 0 Å². The van der Waals surface area contributed by atoms with Crippen LogP contribution in [0.15, 0.2) is 18.2 Å². The fraction of sp³-hybridized carbons (Fsp3) is 0.458. The number of rotatable bonds is 4. The molecule has 6 nitrogen and oxygen atoms in total. The lowest BCUT2D eigenvalue weighted by molar-refractivity contribution is 0.0758. The molecule has 2 unspecified atom stereocenters. The molecule has 0 bridgehead atoms. The molecule has 6 heteroatoms. The Labute approximate surface area is 175 Å². The molecule has 2 aromatic carbocycles. The average molecular weight is 409 g/mol. The zero-order valence-electron chi connectivity index (χ0n) is 17.8. The Morgan fingerprint density at radius 1 is 0.833 bits per heavy atom. The molecule has 158 valence electrons. The first kappa shape index (κ1) is 19.2. The molecule has 0 spiro atoms. The number of fused-ring (bicyclic) bond motifs is 7. The van der Waals surface area contributed by atoms with Gasteiger partial charge in [-0.05, 0) is 65.6 Å². The summed E-state index contributed by atoms with van der Waals surface area (Å²) in [4.78, 5) is 4.81. The van der Waals surface area contributed by atoms with Crippen LogP contribution in [-0.2, 0) is 6.42 Å². The van der Waals surface area contributed by atoms with Gasteiger partial charge < -0.3 is 24.1 Å². The highest BCUT2D eigenvalue weighted by Gasteiger charge is 2.41. The number of aliphatic hydroxyl groups excluding tert-OH is 1. The summed E-state index contributed by atoms with van der Waals surface area (Å²) in [5, 5.41) is 14.4. The second-order valence-electron chi connectivity index (χ2n) is 8.24. The average Bonchev–Trinajstić information content (AvgIpc) is 3.26. The zero-order chi connectivity index (χ0) is 21.0. The summed E-state index contributed by atoms with van der Waals surface area (Å²) >= 11 is 0. The second kappa shape index (κ2) is 7.20. The summed E-state index contributed by atoms with van der Waals surface area (Å²) in [7, 11) is 6.47. The van der Waals surface area contributed by atoms with Crippen molar-refractivity contribution in [1.82, 2.24) is 4.98 Å². The van der Waals surface area contributed by atoms with Crippen molar-refractivity contribution in [2.24, 2.45) is 11.8 Å². The molecule has 0 aliphatic heterocycles. The maximum Gasteiger partial charge on any atom is 0.257 e. The molecule has 1 saturated carbocycles. The Balaban J connectivity index is 1.94. The number of ether oxygens (including phenoxy) is 4. The third-order valence-electron chi connectivity index (χ3n) is 6.97. The lowest BCUT2D eigenvalue weighted by Gasteiger charge is -2.34. The van der Waals surface area contributed by atoms with Crippen LogP contribution >= 0.6 is 0 Å². The molecule has 2 aliphatic rings. The fourth-order valence-corrected chi connectivity index (χ4v) is 5.57. The van der Waals surface area contributed by atoms with Crippen molar-refractivity contribution in [3.63, 3.8) is 0 Å². The van der Waals surface area contributed by atoms with Crippen molar-refractivity contribution in [2.45, 2.75) is 31.8 Å². The van der Waals surface area contributed by atoms with Gasteiger partial charge in [0.25, 0.3) is 5.88 Å². The standard InChI is InChI=1S/C24H27NO5/c1-27-18-9-14-15(10-19(18)28-2)17-11-20(29-3)24(30-4)25-22(17)21-16(14)8-12-6-5-7-13(12)23(21)26/h9-13,23,26H,5-8H2,1-4H3/t12?,13?,23-/m0/s1. The van der Waals surface area contributed by atoms with E-state index in [0.717, 1.165) is 58.5 Å². The number of hydrogen-bond acceptors (Lipinski definition) is 6. The van der Waals surface area contributed by atoms with E-state index in [-0.39, 0.29) is 5.92 Å². The van der Waals surface area contributed by atoms with E-state index in [1.54, 1.807) is 28.4 Å². The van der Waals surface area contributed by atoms with Gasteiger partial charge in [0, 0.05) is 10.9 Å². The molecule has 3 atom stereocenters. The lowest BCUT2D eigenvalue weighted by Crippen LogP contribution is -2.26. The van der Waals surface area contributed by atoms with Crippen molar-refractivity contribution < 1.29 is 24.1 Å². The highest BCUT2D eigenvalue weighted by molar-refractivity contribution is 6.11. The quantitative estimate of drug-likeness (QED) is 0.643. The summed E-state index contributed by atoms with van der Waals surface area (Å²) < 4.78 is 22.2. The second-order valence-corrected chi connectivity index (χ2v) is 8.24. The van der Waals surface area contributed by atoms with Gasteiger partial charge in [0.1, 0.15) is 0 Å². The van der Waals surface area contributed by atoms with Crippen LogP contribution in [0.1, 0.15) is 36.5 Å². The molecule has 1 aromatic heterocycles. The van der Waals surface area contributed by atoms with Crippen LogP contribution in [0.3, 0.4) is 0 Å². The molecular formula is C24H27NO5. The van der Waals surface area contributed by atoms with Gasteiger partial charge >= 0.3 is 0 Å². The fourth-order valence-electron chi connectivity index (χ4n) is 5.57. The van der Waals surface area contributed by atoms with E-state index in [2.05, 4.69) is 0 Å². The normalized spacial score (nSPS) is 22.6. The predicted molar refractivity (Wildman–Crippen MR) is 115 cm³/mol. The van der Waals surface area contributed by atoms with Gasteiger partial charge in [-0.2, -0.15) is 0 Å². The molecule has 0 radical (unpaired) electrons. The molecule has 3 aromatic rings. The van der Waals surface area contributed by atoms with Crippen LogP contribution in [0.5, 0.6) is 23.1 Å². The Hall–Kier alpha value is -2.73. The number of methoxy groups -OCH3 is 4. The molecule has 1 heterocycles. The molecule has 5 rings (SSSR count). The van der Waals surface area contributed by atoms with Crippen molar-refractivity contribution in [3.05, 3.63) is 29.3 Å². The van der Waals surface area contributed by atoms with Crippen LogP contribution < -0.4 is 18.9 Å². The molecule has 0 saturated heterocycles. The van der Waals surface area contributed by atoms with E-state index < -0.39 is 6.10 Å². The minimum Gasteiger partial charge on any atom is -0.493 e. The van der Waals surface area contributed by atoms with Crippen molar-refractivity contribution in [3.8, 4) is 23.1 Å². The van der Waals surface area contributed by atoms with Crippen LogP contribution in [0.2, 0.25) is 0 Å². The van der Waals surface area contributed by atoms with E-state index in [9.17, 15) is 5.11 Å². The monoisotopic (exact) mass is 409 g/mol. The van der Waals surface area contributed by atoms with Crippen molar-refractivity contribution in [2.75, 3.05) is 28.4 Å². The van der Waals surface area contributed by atoms with Crippen LogP contribution in [0.4, 0.5) is 0 Å². The van der Waals surface area contributed by atoms with Gasteiger partial charge in [-0.1, -0.05) is 6.42 Å².